The summed E-state index contributed by atoms with van der Waals surface area (Å²) in [6.45, 7) is 0. The molecule has 298 valence electrons. The van der Waals surface area contributed by atoms with Crippen molar-refractivity contribution in [1.82, 2.24) is 14.9 Å². The molecule has 1 aliphatic carbocycles. The highest BCUT2D eigenvalue weighted by Crippen LogP contribution is 2.43. The van der Waals surface area contributed by atoms with Gasteiger partial charge in [-0.15, -0.1) is 0 Å². The Bertz CT molecular complexity index is 3610. The molecule has 0 saturated carbocycles. The fraction of sp³-hybridized carbons (Fsp3) is 0.0536. The molecule has 0 bridgehead atoms. The number of aliphatic imine (C=N–C) groups is 2. The van der Waals surface area contributed by atoms with Crippen LogP contribution in [0.2, 0.25) is 0 Å². The summed E-state index contributed by atoms with van der Waals surface area (Å²) in [4.78, 5) is 15.4. The minimum Gasteiger partial charge on any atom is -0.485 e. The topological polar surface area (TPSA) is 76.9 Å². The molecule has 10 aromatic rings. The number of rotatable bonds is 6. The quantitative estimate of drug-likeness (QED) is 0.181. The standard InChI is InChI=1S/C56H37N5O2/c1-3-13-34(14-4-1)53-58-54(60-55(59-53)41-25-26-44-43-23-9-10-24-49(43)62-50(44)33-41)40-21-11-19-36(29-40)37-20-12-22-42(30-37)61-48-32-39-18-8-7-17-38(39)31-46(48)45-27-28-47-52(51(45)61)63-56(57-47)35-15-5-2-6-16-35/h1-32,50,55H,33H2,(H,58,59,60). The Hall–Kier alpha value is -8.29. The van der Waals surface area contributed by atoms with Crippen molar-refractivity contribution in [3.05, 3.63) is 216 Å². The second-order valence-corrected chi connectivity index (χ2v) is 16.4. The molecule has 0 radical (unpaired) electrons. The first-order chi connectivity index (χ1) is 31.2. The van der Waals surface area contributed by atoms with E-state index in [1.54, 1.807) is 0 Å². The average Bonchev–Trinajstić information content (AvgIpc) is 4.05. The van der Waals surface area contributed by atoms with Gasteiger partial charge in [0, 0.05) is 50.7 Å². The van der Waals surface area contributed by atoms with Crippen molar-refractivity contribution in [2.45, 2.75) is 18.7 Å². The number of para-hydroxylation sites is 1. The third-order valence-electron chi connectivity index (χ3n) is 12.6. The molecule has 13 rings (SSSR count). The molecule has 0 saturated heterocycles. The monoisotopic (exact) mass is 811 g/mol. The minimum absolute atomic E-state index is 0.0446. The third-order valence-corrected chi connectivity index (χ3v) is 12.6. The lowest BCUT2D eigenvalue weighted by molar-refractivity contribution is 0.272. The largest absolute Gasteiger partial charge is 0.485 e. The van der Waals surface area contributed by atoms with E-state index in [1.807, 2.05) is 60.7 Å². The van der Waals surface area contributed by atoms with Gasteiger partial charge in [-0.25, -0.2) is 15.0 Å². The zero-order chi connectivity index (χ0) is 41.4. The highest BCUT2D eigenvalue weighted by molar-refractivity contribution is 6.19. The Morgan fingerprint density at radius 2 is 1.30 bits per heavy atom. The molecule has 2 aromatic heterocycles. The summed E-state index contributed by atoms with van der Waals surface area (Å²) in [6, 6.07) is 63.4. The van der Waals surface area contributed by atoms with Crippen LogP contribution in [0.4, 0.5) is 0 Å². The molecule has 2 aliphatic heterocycles. The van der Waals surface area contributed by atoms with Crippen molar-refractivity contribution in [2.24, 2.45) is 9.98 Å². The first kappa shape index (κ1) is 35.5. The molecule has 8 aromatic carbocycles. The van der Waals surface area contributed by atoms with Crippen LogP contribution in [0.3, 0.4) is 0 Å². The SMILES string of the molecule is C1=C(C2N=C(c3cccc(-c4cccc(-n5c6cc7ccccc7cc6c6ccc7nc(-c8ccccc8)oc7c65)c4)c3)N=C(c3ccccc3)N2)CC2Oc3ccccc3C2=C1. The number of hydrogen-bond donors (Lipinski definition) is 1. The van der Waals surface area contributed by atoms with Crippen LogP contribution >= 0.6 is 0 Å². The fourth-order valence-electron chi connectivity index (χ4n) is 9.54. The van der Waals surface area contributed by atoms with Crippen LogP contribution in [0, 0.1) is 0 Å². The number of fused-ring (bicyclic) bond motifs is 9. The molecule has 2 unspecified atom stereocenters. The molecular weight excluding hydrogens is 775 g/mol. The lowest BCUT2D eigenvalue weighted by Gasteiger charge is -2.28. The van der Waals surface area contributed by atoms with Crippen LogP contribution in [0.1, 0.15) is 23.1 Å². The van der Waals surface area contributed by atoms with Gasteiger partial charge in [-0.05, 0) is 88.1 Å². The van der Waals surface area contributed by atoms with Gasteiger partial charge in [0.2, 0.25) is 5.89 Å². The van der Waals surface area contributed by atoms with Crippen molar-refractivity contribution >= 4 is 60.9 Å². The summed E-state index contributed by atoms with van der Waals surface area (Å²) in [7, 11) is 0. The van der Waals surface area contributed by atoms with Crippen LogP contribution in [0.5, 0.6) is 5.75 Å². The molecule has 4 heterocycles. The first-order valence-corrected chi connectivity index (χ1v) is 21.4. The Morgan fingerprint density at radius 3 is 2.16 bits per heavy atom. The maximum atomic E-state index is 6.71. The molecule has 7 heteroatoms. The van der Waals surface area contributed by atoms with E-state index >= 15 is 0 Å². The predicted octanol–water partition coefficient (Wildman–Crippen LogP) is 12.7. The Kier molecular flexibility index (Phi) is 7.96. The minimum atomic E-state index is -0.313. The van der Waals surface area contributed by atoms with Crippen molar-refractivity contribution in [1.29, 1.82) is 0 Å². The van der Waals surface area contributed by atoms with Crippen LogP contribution in [0.25, 0.3) is 77.5 Å². The molecule has 0 amide bonds. The number of nitrogens with zero attached hydrogens (tertiary/aromatic N) is 4. The second kappa shape index (κ2) is 14.1. The van der Waals surface area contributed by atoms with Gasteiger partial charge in [0.05, 0.1) is 11.0 Å². The van der Waals surface area contributed by atoms with Crippen molar-refractivity contribution in [3.8, 4) is 34.0 Å². The van der Waals surface area contributed by atoms with E-state index < -0.39 is 0 Å². The van der Waals surface area contributed by atoms with E-state index in [4.69, 9.17) is 24.1 Å². The average molecular weight is 812 g/mol. The number of allylic oxidation sites excluding steroid dienone is 2. The number of oxazole rings is 1. The molecule has 2 atom stereocenters. The van der Waals surface area contributed by atoms with E-state index in [9.17, 15) is 0 Å². The van der Waals surface area contributed by atoms with Gasteiger partial charge in [-0.3, -0.25) is 0 Å². The van der Waals surface area contributed by atoms with E-state index in [0.29, 0.717) is 11.7 Å². The number of hydrogen-bond acceptors (Lipinski definition) is 6. The summed E-state index contributed by atoms with van der Waals surface area (Å²) in [6.07, 6.45) is 4.78. The summed E-state index contributed by atoms with van der Waals surface area (Å²) in [5, 5.41) is 8.30. The second-order valence-electron chi connectivity index (χ2n) is 16.4. The van der Waals surface area contributed by atoms with Crippen LogP contribution in [-0.2, 0) is 0 Å². The van der Waals surface area contributed by atoms with Gasteiger partial charge in [-0.1, -0.05) is 133 Å². The van der Waals surface area contributed by atoms with Gasteiger partial charge in [0.25, 0.3) is 0 Å². The van der Waals surface area contributed by atoms with Crippen LogP contribution in [-0.4, -0.2) is 33.5 Å². The molecule has 63 heavy (non-hydrogen) atoms. The van der Waals surface area contributed by atoms with Crippen molar-refractivity contribution < 1.29 is 9.15 Å². The van der Waals surface area contributed by atoms with E-state index in [1.165, 1.54) is 21.9 Å². The fourth-order valence-corrected chi connectivity index (χ4v) is 9.54. The number of nitrogens with one attached hydrogen (secondary N) is 1. The van der Waals surface area contributed by atoms with Gasteiger partial charge < -0.3 is 19.0 Å². The normalized spacial score (nSPS) is 16.8. The molecule has 0 spiro atoms. The van der Waals surface area contributed by atoms with Crippen LogP contribution < -0.4 is 10.1 Å². The van der Waals surface area contributed by atoms with Gasteiger partial charge in [0.15, 0.2) is 11.4 Å². The molecule has 7 nitrogen and oxygen atoms in total. The smallest absolute Gasteiger partial charge is 0.227 e. The Balaban J connectivity index is 0.929. The number of aromatic nitrogens is 2. The van der Waals surface area contributed by atoms with E-state index in [-0.39, 0.29) is 12.3 Å². The zero-order valence-corrected chi connectivity index (χ0v) is 33.9. The van der Waals surface area contributed by atoms with Crippen molar-refractivity contribution in [3.63, 3.8) is 0 Å². The lowest BCUT2D eigenvalue weighted by atomic mass is 9.91. The highest BCUT2D eigenvalue weighted by atomic mass is 16.5. The Morgan fingerprint density at radius 1 is 0.587 bits per heavy atom. The summed E-state index contributed by atoms with van der Waals surface area (Å²) in [5.74, 6) is 3.01. The number of amidine groups is 2. The van der Waals surface area contributed by atoms with E-state index in [0.717, 1.165) is 90.0 Å². The maximum absolute atomic E-state index is 6.71. The van der Waals surface area contributed by atoms with Crippen LogP contribution in [0.15, 0.2) is 214 Å². The lowest BCUT2D eigenvalue weighted by Crippen LogP contribution is -2.41. The van der Waals surface area contributed by atoms with Gasteiger partial charge >= 0.3 is 0 Å². The van der Waals surface area contributed by atoms with Crippen molar-refractivity contribution in [2.75, 3.05) is 0 Å². The predicted molar refractivity (Wildman–Crippen MR) is 255 cm³/mol. The Labute approximate surface area is 362 Å². The number of ether oxygens (including phenoxy) is 1. The summed E-state index contributed by atoms with van der Waals surface area (Å²) < 4.78 is 15.5. The van der Waals surface area contributed by atoms with Gasteiger partial charge in [0.1, 0.15) is 29.4 Å². The first-order valence-electron chi connectivity index (χ1n) is 21.4. The molecule has 3 aliphatic rings. The molecule has 0 fully saturated rings. The third kappa shape index (κ3) is 5.92. The highest BCUT2D eigenvalue weighted by Gasteiger charge is 2.34. The summed E-state index contributed by atoms with van der Waals surface area (Å²) in [5.41, 5.74) is 13.2. The van der Waals surface area contributed by atoms with E-state index in [2.05, 4.69) is 143 Å². The van der Waals surface area contributed by atoms with Gasteiger partial charge in [-0.2, -0.15) is 0 Å². The molecule has 1 N–H and O–H groups in total. The summed E-state index contributed by atoms with van der Waals surface area (Å²) >= 11 is 0. The zero-order valence-electron chi connectivity index (χ0n) is 33.9. The molecular formula is C56H37N5O2. The number of benzene rings is 8. The maximum Gasteiger partial charge on any atom is 0.227 e.